The van der Waals surface area contributed by atoms with E-state index in [-0.39, 0.29) is 17.3 Å². The van der Waals surface area contributed by atoms with Crippen molar-refractivity contribution >= 4 is 11.9 Å². The Morgan fingerprint density at radius 1 is 1.19 bits per heavy atom. The zero-order valence-corrected chi connectivity index (χ0v) is 12.9. The van der Waals surface area contributed by atoms with Gasteiger partial charge >= 0.3 is 6.03 Å². The Kier molecular flexibility index (Phi) is 4.63. The van der Waals surface area contributed by atoms with Gasteiger partial charge in [-0.15, -0.1) is 0 Å². The third kappa shape index (κ3) is 4.04. The Morgan fingerprint density at radius 2 is 1.76 bits per heavy atom. The lowest BCUT2D eigenvalue weighted by Gasteiger charge is -2.27. The summed E-state index contributed by atoms with van der Waals surface area (Å²) in [5.74, 6) is 0.131. The van der Waals surface area contributed by atoms with Crippen LogP contribution in [0.4, 0.5) is 4.79 Å². The molecule has 0 radical (unpaired) electrons. The zero-order chi connectivity index (χ0) is 15.5. The van der Waals surface area contributed by atoms with Crippen LogP contribution in [0.3, 0.4) is 0 Å². The van der Waals surface area contributed by atoms with Crippen LogP contribution in [0.15, 0.2) is 24.3 Å². The number of hydrogen-bond donors (Lipinski definition) is 2. The number of carbonyl (C=O) groups excluding carboxylic acids is 1. The molecular weight excluding hydrogens is 266 g/mol. The van der Waals surface area contributed by atoms with Crippen molar-refractivity contribution in [2.45, 2.75) is 26.2 Å². The topological polar surface area (TPSA) is 65.4 Å². The number of carbonyl (C=O) groups is 1. The number of amidine groups is 1. The van der Waals surface area contributed by atoms with Crippen LogP contribution >= 0.6 is 0 Å². The minimum atomic E-state index is -0.233. The predicted octanol–water partition coefficient (Wildman–Crippen LogP) is 2.35. The molecular formula is C16H23N3O2. The summed E-state index contributed by atoms with van der Waals surface area (Å²) in [5.41, 5.74) is 2.00. The van der Waals surface area contributed by atoms with Gasteiger partial charge < -0.3 is 9.64 Å². The molecule has 0 atom stereocenters. The average Bonchev–Trinajstić information content (AvgIpc) is 2.47. The molecule has 1 aromatic carbocycles. The molecule has 2 N–H and O–H groups in total. The highest BCUT2D eigenvalue weighted by atomic mass is 16.5. The summed E-state index contributed by atoms with van der Waals surface area (Å²) >= 11 is 0. The van der Waals surface area contributed by atoms with Crippen LogP contribution in [0.5, 0.6) is 0 Å². The van der Waals surface area contributed by atoms with Crippen LogP contribution in [-0.2, 0) is 10.2 Å². The molecule has 0 aliphatic carbocycles. The summed E-state index contributed by atoms with van der Waals surface area (Å²) in [6, 6.07) is 7.53. The number of morpholine rings is 1. The van der Waals surface area contributed by atoms with Crippen molar-refractivity contribution in [1.29, 1.82) is 5.41 Å². The third-order valence-corrected chi connectivity index (χ3v) is 3.57. The summed E-state index contributed by atoms with van der Waals surface area (Å²) in [6.07, 6.45) is 0. The summed E-state index contributed by atoms with van der Waals surface area (Å²) < 4.78 is 5.21. The van der Waals surface area contributed by atoms with E-state index in [9.17, 15) is 4.79 Å². The standard InChI is InChI=1S/C16H23N3O2/c1-16(2,3)13-6-4-12(5-7-13)14(17)18-15(20)19-8-10-21-11-9-19/h4-7H,8-11H2,1-3H3,(H2,17,18,20). The van der Waals surface area contributed by atoms with Crippen LogP contribution in [0.25, 0.3) is 0 Å². The second-order valence-electron chi connectivity index (χ2n) is 6.23. The van der Waals surface area contributed by atoms with Crippen molar-refractivity contribution < 1.29 is 9.53 Å². The highest BCUT2D eigenvalue weighted by molar-refractivity contribution is 6.05. The van der Waals surface area contributed by atoms with Crippen molar-refractivity contribution in [2.24, 2.45) is 0 Å². The maximum atomic E-state index is 12.0. The first-order chi connectivity index (χ1) is 9.88. The second-order valence-corrected chi connectivity index (χ2v) is 6.23. The van der Waals surface area contributed by atoms with Crippen molar-refractivity contribution in [3.05, 3.63) is 35.4 Å². The van der Waals surface area contributed by atoms with Gasteiger partial charge in [-0.25, -0.2) is 4.79 Å². The van der Waals surface area contributed by atoms with Gasteiger partial charge in [-0.2, -0.15) is 0 Å². The molecule has 1 aliphatic rings. The minimum Gasteiger partial charge on any atom is -0.378 e. The number of nitrogens with zero attached hydrogens (tertiary/aromatic N) is 1. The summed E-state index contributed by atoms with van der Waals surface area (Å²) in [7, 11) is 0. The van der Waals surface area contributed by atoms with E-state index in [0.717, 1.165) is 0 Å². The summed E-state index contributed by atoms with van der Waals surface area (Å²) in [6.45, 7) is 8.70. The molecule has 2 rings (SSSR count). The van der Waals surface area contributed by atoms with E-state index in [2.05, 4.69) is 26.1 Å². The first-order valence-electron chi connectivity index (χ1n) is 7.21. The van der Waals surface area contributed by atoms with Gasteiger partial charge in [0.25, 0.3) is 0 Å². The maximum absolute atomic E-state index is 12.0. The van der Waals surface area contributed by atoms with Crippen molar-refractivity contribution in [1.82, 2.24) is 10.2 Å². The fourth-order valence-electron chi connectivity index (χ4n) is 2.16. The van der Waals surface area contributed by atoms with Gasteiger partial charge in [-0.3, -0.25) is 10.7 Å². The lowest BCUT2D eigenvalue weighted by Crippen LogP contribution is -2.47. The molecule has 1 heterocycles. The molecule has 1 fully saturated rings. The molecule has 0 bridgehead atoms. The molecule has 1 saturated heterocycles. The monoisotopic (exact) mass is 289 g/mol. The van der Waals surface area contributed by atoms with Gasteiger partial charge in [0.15, 0.2) is 0 Å². The molecule has 1 aromatic rings. The molecule has 5 nitrogen and oxygen atoms in total. The normalized spacial score (nSPS) is 15.7. The van der Waals surface area contributed by atoms with E-state index in [1.54, 1.807) is 4.90 Å². The van der Waals surface area contributed by atoms with E-state index in [0.29, 0.717) is 31.9 Å². The first kappa shape index (κ1) is 15.5. The third-order valence-electron chi connectivity index (χ3n) is 3.57. The number of urea groups is 1. The molecule has 21 heavy (non-hydrogen) atoms. The fraction of sp³-hybridized carbons (Fsp3) is 0.500. The van der Waals surface area contributed by atoms with Crippen LogP contribution in [-0.4, -0.2) is 43.1 Å². The fourth-order valence-corrected chi connectivity index (χ4v) is 2.16. The Balaban J connectivity index is 1.98. The minimum absolute atomic E-state index is 0.0811. The Bertz CT molecular complexity index is 511. The lowest BCUT2D eigenvalue weighted by atomic mass is 9.86. The number of rotatable bonds is 1. The Labute approximate surface area is 125 Å². The number of hydrogen-bond acceptors (Lipinski definition) is 3. The van der Waals surface area contributed by atoms with Crippen LogP contribution in [0, 0.1) is 5.41 Å². The molecule has 0 spiro atoms. The first-order valence-corrected chi connectivity index (χ1v) is 7.21. The van der Waals surface area contributed by atoms with Gasteiger partial charge in [-0.1, -0.05) is 45.0 Å². The summed E-state index contributed by atoms with van der Waals surface area (Å²) in [5, 5.41) is 10.7. The van der Waals surface area contributed by atoms with E-state index in [1.165, 1.54) is 5.56 Å². The maximum Gasteiger partial charge on any atom is 0.323 e. The van der Waals surface area contributed by atoms with Gasteiger partial charge in [0.05, 0.1) is 13.2 Å². The quantitative estimate of drug-likeness (QED) is 0.615. The largest absolute Gasteiger partial charge is 0.378 e. The van der Waals surface area contributed by atoms with E-state index in [4.69, 9.17) is 10.1 Å². The van der Waals surface area contributed by atoms with Gasteiger partial charge in [0.1, 0.15) is 5.84 Å². The molecule has 114 valence electrons. The Morgan fingerprint density at radius 3 is 2.29 bits per heavy atom. The molecule has 0 saturated carbocycles. The molecule has 5 heteroatoms. The van der Waals surface area contributed by atoms with Gasteiger partial charge in [0.2, 0.25) is 0 Å². The van der Waals surface area contributed by atoms with Crippen molar-refractivity contribution in [2.75, 3.05) is 26.3 Å². The second kappa shape index (κ2) is 6.26. The van der Waals surface area contributed by atoms with Crippen molar-refractivity contribution in [3.63, 3.8) is 0 Å². The zero-order valence-electron chi connectivity index (χ0n) is 12.9. The predicted molar refractivity (Wildman–Crippen MR) is 82.9 cm³/mol. The molecule has 2 amide bonds. The van der Waals surface area contributed by atoms with Gasteiger partial charge in [0, 0.05) is 18.7 Å². The van der Waals surface area contributed by atoms with Gasteiger partial charge in [-0.05, 0) is 11.0 Å². The van der Waals surface area contributed by atoms with Crippen LogP contribution in [0.1, 0.15) is 31.9 Å². The van der Waals surface area contributed by atoms with E-state index < -0.39 is 0 Å². The average molecular weight is 289 g/mol. The number of ether oxygens (including phenoxy) is 1. The highest BCUT2D eigenvalue weighted by Gasteiger charge is 2.18. The van der Waals surface area contributed by atoms with Crippen molar-refractivity contribution in [3.8, 4) is 0 Å². The van der Waals surface area contributed by atoms with Crippen LogP contribution in [0.2, 0.25) is 0 Å². The van der Waals surface area contributed by atoms with E-state index in [1.807, 2.05) is 24.3 Å². The number of nitrogens with one attached hydrogen (secondary N) is 2. The van der Waals surface area contributed by atoms with E-state index >= 15 is 0 Å². The molecule has 0 aromatic heterocycles. The highest BCUT2D eigenvalue weighted by Crippen LogP contribution is 2.22. The Hall–Kier alpha value is -1.88. The number of benzene rings is 1. The lowest BCUT2D eigenvalue weighted by molar-refractivity contribution is 0.0543. The SMILES string of the molecule is CC(C)(C)c1ccc(C(=N)NC(=O)N2CCOCC2)cc1. The molecule has 1 aliphatic heterocycles. The summed E-state index contributed by atoms with van der Waals surface area (Å²) in [4.78, 5) is 13.7. The van der Waals surface area contributed by atoms with Crippen LogP contribution < -0.4 is 5.32 Å². The smallest absolute Gasteiger partial charge is 0.323 e. The molecule has 0 unspecified atom stereocenters. The number of amides is 2.